The minimum absolute atomic E-state index is 0.115. The molecular formula is C37H49F6N3O10. The van der Waals surface area contributed by atoms with Gasteiger partial charge in [0.1, 0.15) is 0 Å². The zero-order valence-corrected chi connectivity index (χ0v) is 32.0. The van der Waals surface area contributed by atoms with Gasteiger partial charge in [-0.1, -0.05) is 26.0 Å². The Balaban J connectivity index is 0.917. The molecule has 4 unspecified atom stereocenters. The van der Waals surface area contributed by atoms with E-state index in [0.29, 0.717) is 57.1 Å². The van der Waals surface area contributed by atoms with Crippen LogP contribution in [0.15, 0.2) is 17.5 Å². The van der Waals surface area contributed by atoms with Crippen LogP contribution in [-0.2, 0) is 61.1 Å². The zero-order chi connectivity index (χ0) is 39.7. The second kappa shape index (κ2) is 13.2. The molecule has 56 heavy (non-hydrogen) atoms. The molecule has 0 radical (unpaired) electrons. The number of fused-ring (bicyclic) bond motifs is 4. The van der Waals surface area contributed by atoms with E-state index >= 15 is 13.2 Å². The maximum atomic E-state index is 15.3. The third-order valence-electron chi connectivity index (χ3n) is 14.4. The van der Waals surface area contributed by atoms with E-state index in [9.17, 15) is 13.2 Å². The molecule has 0 N–H and O–H groups in total. The molecule has 1 aromatic heterocycles. The molecule has 9 fully saturated rings. The molecule has 4 bridgehead atoms. The summed E-state index contributed by atoms with van der Waals surface area (Å²) in [5.74, 6) is -9.46. The van der Waals surface area contributed by atoms with Crippen molar-refractivity contribution in [2.45, 2.75) is 153 Å². The van der Waals surface area contributed by atoms with Gasteiger partial charge in [-0.25, -0.2) is 24.2 Å². The number of hydrogen-bond acceptors (Lipinski definition) is 12. The van der Waals surface area contributed by atoms with Gasteiger partial charge in [-0.15, -0.1) is 5.10 Å². The topological polar surface area (TPSA) is 123 Å². The van der Waals surface area contributed by atoms with Crippen LogP contribution < -0.4 is 0 Å². The molecular weight excluding hydrogens is 760 g/mol. The molecule has 2 spiro atoms. The summed E-state index contributed by atoms with van der Waals surface area (Å²) in [7, 11) is 0. The first-order valence-electron chi connectivity index (χ1n) is 19.8. The van der Waals surface area contributed by atoms with Gasteiger partial charge >= 0.3 is 12.4 Å². The lowest BCUT2D eigenvalue weighted by Gasteiger charge is -2.62. The van der Waals surface area contributed by atoms with Crippen LogP contribution in [0, 0.1) is 41.4 Å². The average molecular weight is 810 g/mol. The van der Waals surface area contributed by atoms with Gasteiger partial charge in [0.25, 0.3) is 5.79 Å². The molecule has 7 saturated heterocycles. The van der Waals surface area contributed by atoms with Crippen molar-refractivity contribution in [2.24, 2.45) is 41.4 Å². The lowest BCUT2D eigenvalue weighted by molar-refractivity contribution is -0.599. The summed E-state index contributed by atoms with van der Waals surface area (Å²) >= 11 is 0. The van der Waals surface area contributed by atoms with Crippen molar-refractivity contribution >= 4 is 0 Å². The Bertz CT molecular complexity index is 1710. The molecule has 2 saturated carbocycles. The Labute approximate surface area is 319 Å². The van der Waals surface area contributed by atoms with Crippen LogP contribution in [0.2, 0.25) is 0 Å². The Morgan fingerprint density at radius 1 is 0.768 bits per heavy atom. The molecule has 14 atom stereocenters. The summed E-state index contributed by atoms with van der Waals surface area (Å²) in [6, 6.07) is 0. The first-order valence-corrected chi connectivity index (χ1v) is 19.8. The largest absolute Gasteiger partial charge is 0.456 e. The number of hydrogen-bond donors (Lipinski definition) is 0. The molecule has 0 amide bonds. The van der Waals surface area contributed by atoms with Crippen LogP contribution in [0.1, 0.15) is 91.7 Å². The fourth-order valence-corrected chi connectivity index (χ4v) is 11.5. The highest BCUT2D eigenvalue weighted by atomic mass is 19.4. The van der Waals surface area contributed by atoms with Gasteiger partial charge < -0.3 is 28.4 Å². The summed E-state index contributed by atoms with van der Waals surface area (Å²) < 4.78 is 127. The van der Waals surface area contributed by atoms with Crippen molar-refractivity contribution in [1.29, 1.82) is 0 Å². The van der Waals surface area contributed by atoms with Crippen LogP contribution in [0.3, 0.4) is 0 Å². The Kier molecular flexibility index (Phi) is 9.28. The minimum Gasteiger partial charge on any atom is -0.456 e. The van der Waals surface area contributed by atoms with Gasteiger partial charge in [-0.2, -0.15) is 26.3 Å². The molecule has 11 rings (SSSR count). The molecule has 314 valence electrons. The molecule has 2 aliphatic carbocycles. The summed E-state index contributed by atoms with van der Waals surface area (Å²) in [5, 5.41) is 7.91. The first-order chi connectivity index (χ1) is 26.4. The molecule has 19 heteroatoms. The maximum absolute atomic E-state index is 15.3. The highest BCUT2D eigenvalue weighted by Crippen LogP contribution is 2.65. The number of rotatable bonds is 8. The summed E-state index contributed by atoms with van der Waals surface area (Å²) in [4.78, 5) is 23.5. The van der Waals surface area contributed by atoms with E-state index in [2.05, 4.69) is 17.2 Å². The number of ether oxygens (including phenoxy) is 6. The van der Waals surface area contributed by atoms with Gasteiger partial charge in [0.15, 0.2) is 17.5 Å². The Hall–Kier alpha value is -2.10. The summed E-state index contributed by atoms with van der Waals surface area (Å²) in [6.07, 6.45) is -6.92. The normalized spacial score (nSPS) is 47.2. The number of nitrogens with zero attached hydrogens (tertiary/aromatic N) is 3. The van der Waals surface area contributed by atoms with Crippen LogP contribution >= 0.6 is 0 Å². The van der Waals surface area contributed by atoms with Crippen molar-refractivity contribution in [1.82, 2.24) is 15.0 Å². The smallest absolute Gasteiger partial charge is 0.449 e. The quantitative estimate of drug-likeness (QED) is 0.198. The Morgan fingerprint density at radius 2 is 1.41 bits per heavy atom. The van der Waals surface area contributed by atoms with Crippen LogP contribution in [0.5, 0.6) is 0 Å². The van der Waals surface area contributed by atoms with E-state index in [4.69, 9.17) is 48.0 Å². The van der Waals surface area contributed by atoms with Crippen molar-refractivity contribution < 1.29 is 74.3 Å². The van der Waals surface area contributed by atoms with Gasteiger partial charge in [0, 0.05) is 42.1 Å². The van der Waals surface area contributed by atoms with Crippen LogP contribution in [0.4, 0.5) is 26.3 Å². The highest BCUT2D eigenvalue weighted by molar-refractivity contribution is 5.28. The van der Waals surface area contributed by atoms with E-state index in [1.54, 1.807) is 13.8 Å². The summed E-state index contributed by atoms with van der Waals surface area (Å²) in [6.45, 7) is 7.41. The molecule has 13 nitrogen and oxygen atoms in total. The van der Waals surface area contributed by atoms with Crippen molar-refractivity contribution in [3.8, 4) is 0 Å². The van der Waals surface area contributed by atoms with Crippen molar-refractivity contribution in [2.75, 3.05) is 13.2 Å². The summed E-state index contributed by atoms with van der Waals surface area (Å²) in [5.41, 5.74) is -2.34. The number of allylic oxidation sites excluding steroid dienone is 1. The third-order valence-corrected chi connectivity index (χ3v) is 14.4. The first kappa shape index (κ1) is 39.4. The molecule has 8 aliphatic heterocycles. The van der Waals surface area contributed by atoms with Gasteiger partial charge in [0.05, 0.1) is 38.3 Å². The fourth-order valence-electron chi connectivity index (χ4n) is 11.5. The van der Waals surface area contributed by atoms with Gasteiger partial charge in [-0.05, 0) is 70.1 Å². The van der Waals surface area contributed by atoms with Crippen LogP contribution in [-0.4, -0.2) is 81.7 Å². The van der Waals surface area contributed by atoms with E-state index in [1.807, 2.05) is 6.92 Å². The van der Waals surface area contributed by atoms with Crippen LogP contribution in [0.25, 0.3) is 0 Å². The molecule has 1 aromatic rings. The average Bonchev–Trinajstić information content (AvgIpc) is 3.26. The predicted octanol–water partition coefficient (Wildman–Crippen LogP) is 7.01. The monoisotopic (exact) mass is 809 g/mol. The Morgan fingerprint density at radius 3 is 2.09 bits per heavy atom. The van der Waals surface area contributed by atoms with E-state index in [1.165, 1.54) is 17.8 Å². The van der Waals surface area contributed by atoms with E-state index in [0.717, 1.165) is 0 Å². The van der Waals surface area contributed by atoms with Gasteiger partial charge in [0.2, 0.25) is 23.6 Å². The number of alkyl halides is 6. The molecule has 9 heterocycles. The standard InChI is InChI=1S/C37H49F6N3O10/c1-19-6-8-26-21(3)35(37(41,42)43,52-30-33(26)24(19)10-13-32(5,51-30)54-55-33)48-15-14-46-22(16-44-45-46)17-47-18-23-27-9-7-20(2)25-11-12-31(4)50-29(34(25,27)56-53-31)49-28(23)36(38,39)40/h16,19-21,24-27,29-30H,6-15,17-18H2,1-5H3/t19-,20-,21-,24?,25?,26+,27+,29-,30+,31+,32+,33?,34?,35-/m1/s1. The van der Waals surface area contributed by atoms with E-state index < -0.39 is 90.2 Å². The predicted molar refractivity (Wildman–Crippen MR) is 174 cm³/mol. The number of aromatic nitrogens is 3. The molecule has 0 aromatic carbocycles. The molecule has 10 aliphatic rings. The zero-order valence-electron chi connectivity index (χ0n) is 32.0. The van der Waals surface area contributed by atoms with E-state index in [-0.39, 0.29) is 42.4 Å². The SMILES string of the molecule is C[C@@H]1CC[C@H]2C(COCc3cnnn3CCO[C@@]3(C(F)(F)F)O[C@@H]4O[C@]5(C)CCC6[C@H](C)CC[C@@H]([C@H]3C)C64OO5)=C(C(F)(F)F)O[C@@H]3O[C@]4(C)CCC1C32OO4. The lowest BCUT2D eigenvalue weighted by atomic mass is 9.57. The minimum atomic E-state index is -4.97. The van der Waals surface area contributed by atoms with Gasteiger partial charge in [-0.3, -0.25) is 0 Å². The fraction of sp³-hybridized carbons (Fsp3) is 0.892. The highest BCUT2D eigenvalue weighted by Gasteiger charge is 2.77. The second-order valence-electron chi connectivity index (χ2n) is 17.6. The van der Waals surface area contributed by atoms with Crippen molar-refractivity contribution in [3.63, 3.8) is 0 Å². The third kappa shape index (κ3) is 5.75. The second-order valence-corrected chi connectivity index (χ2v) is 17.6. The maximum Gasteiger partial charge on any atom is 0.449 e. The van der Waals surface area contributed by atoms with Crippen molar-refractivity contribution in [3.05, 3.63) is 23.2 Å². The lowest BCUT2D eigenvalue weighted by Crippen LogP contribution is -2.76. The number of halogens is 6.